The minimum atomic E-state index is -1.05. The van der Waals surface area contributed by atoms with Crippen LogP contribution in [0.25, 0.3) is 0 Å². The summed E-state index contributed by atoms with van der Waals surface area (Å²) in [6.45, 7) is 2.16. The van der Waals surface area contributed by atoms with E-state index in [9.17, 15) is 20.1 Å². The van der Waals surface area contributed by atoms with Crippen molar-refractivity contribution >= 4 is 0 Å². The van der Waals surface area contributed by atoms with Gasteiger partial charge in [0.2, 0.25) is 0 Å². The number of aliphatic hydroxyl groups excluding tert-OH is 1. The van der Waals surface area contributed by atoms with Gasteiger partial charge in [0.05, 0.1) is 35.1 Å². The second-order valence-electron chi connectivity index (χ2n) is 11.4. The van der Waals surface area contributed by atoms with Crippen molar-refractivity contribution in [1.82, 2.24) is 0 Å². The second kappa shape index (κ2) is 6.66. The van der Waals surface area contributed by atoms with Gasteiger partial charge in [0, 0.05) is 30.9 Å². The zero-order valence-corrected chi connectivity index (χ0v) is 18.8. The summed E-state index contributed by atoms with van der Waals surface area (Å²) in [4.78, 5) is 11.5. The summed E-state index contributed by atoms with van der Waals surface area (Å²) in [6, 6.07) is 3.29. The topological polar surface area (TPSA) is 109 Å². The highest BCUT2D eigenvalue weighted by Crippen LogP contribution is 2.74. The molecule has 0 bridgehead atoms. The normalized spacial score (nSPS) is 54.0. The average Bonchev–Trinajstić information content (AvgIpc) is 3.21. The van der Waals surface area contributed by atoms with Crippen LogP contribution >= 0.6 is 0 Å². The molecule has 1 aromatic rings. The fraction of sp³-hybridized carbons (Fsp3) is 0.800. The molecule has 0 amide bonds. The monoisotopic (exact) mass is 446 g/mol. The molecule has 1 aliphatic heterocycles. The highest BCUT2D eigenvalue weighted by molar-refractivity contribution is 5.30. The maximum absolute atomic E-state index is 12.4. The lowest BCUT2D eigenvalue weighted by Crippen LogP contribution is -2.70. The molecule has 0 aromatic carbocycles. The van der Waals surface area contributed by atoms with Gasteiger partial charge >= 0.3 is 5.63 Å². The van der Waals surface area contributed by atoms with Gasteiger partial charge in [-0.15, -0.1) is 0 Å². The van der Waals surface area contributed by atoms with Crippen molar-refractivity contribution in [2.45, 2.75) is 93.9 Å². The molecule has 10 atom stereocenters. The molecule has 5 aliphatic rings. The van der Waals surface area contributed by atoms with Gasteiger partial charge in [-0.1, -0.05) is 6.92 Å². The molecule has 1 spiro atoms. The highest BCUT2D eigenvalue weighted by Gasteiger charge is 2.78. The van der Waals surface area contributed by atoms with Crippen molar-refractivity contribution in [3.63, 3.8) is 0 Å². The van der Waals surface area contributed by atoms with E-state index in [-0.39, 0.29) is 29.5 Å². The summed E-state index contributed by atoms with van der Waals surface area (Å²) in [5.74, 6) is 0.0415. The number of hydrogen-bond acceptors (Lipinski definition) is 7. The lowest BCUT2D eigenvalue weighted by atomic mass is 9.41. The fourth-order valence-corrected chi connectivity index (χ4v) is 9.21. The predicted molar refractivity (Wildman–Crippen MR) is 114 cm³/mol. The van der Waals surface area contributed by atoms with E-state index in [4.69, 9.17) is 13.9 Å². The molecular formula is C25H34O7. The van der Waals surface area contributed by atoms with Crippen molar-refractivity contribution in [2.24, 2.45) is 22.7 Å². The summed E-state index contributed by atoms with van der Waals surface area (Å²) in [6.07, 6.45) is 5.35. The quantitative estimate of drug-likeness (QED) is 0.640. The maximum Gasteiger partial charge on any atom is 0.335 e. The van der Waals surface area contributed by atoms with Gasteiger partial charge < -0.3 is 29.2 Å². The molecular weight excluding hydrogens is 412 g/mol. The lowest BCUT2D eigenvalue weighted by Gasteiger charge is -2.65. The van der Waals surface area contributed by atoms with Crippen LogP contribution in [-0.4, -0.2) is 52.1 Å². The van der Waals surface area contributed by atoms with Crippen molar-refractivity contribution < 1.29 is 29.2 Å². The molecule has 0 radical (unpaired) electrons. The molecule has 3 N–H and O–H groups in total. The Kier molecular flexibility index (Phi) is 4.43. The fourth-order valence-electron chi connectivity index (χ4n) is 9.21. The van der Waals surface area contributed by atoms with Gasteiger partial charge in [0.25, 0.3) is 0 Å². The zero-order valence-electron chi connectivity index (χ0n) is 18.8. The van der Waals surface area contributed by atoms with Crippen LogP contribution in [0.5, 0.6) is 0 Å². The Morgan fingerprint density at radius 3 is 2.62 bits per heavy atom. The van der Waals surface area contributed by atoms with E-state index < -0.39 is 34.4 Å². The molecule has 6 rings (SSSR count). The molecule has 4 saturated carbocycles. The Hall–Kier alpha value is -1.25. The summed E-state index contributed by atoms with van der Waals surface area (Å²) >= 11 is 0. The van der Waals surface area contributed by atoms with Crippen LogP contribution in [0.3, 0.4) is 0 Å². The molecule has 1 aromatic heterocycles. The summed E-state index contributed by atoms with van der Waals surface area (Å²) < 4.78 is 17.6. The molecule has 7 heteroatoms. The first-order valence-electron chi connectivity index (χ1n) is 12.1. The molecule has 7 nitrogen and oxygen atoms in total. The first-order chi connectivity index (χ1) is 15.2. The Balaban J connectivity index is 1.45. The lowest BCUT2D eigenvalue weighted by molar-refractivity contribution is -0.273. The minimum absolute atomic E-state index is 0.00997. The van der Waals surface area contributed by atoms with Gasteiger partial charge in [-0.3, -0.25) is 0 Å². The molecule has 2 heterocycles. The minimum Gasteiger partial charge on any atom is -0.431 e. The van der Waals surface area contributed by atoms with Crippen LogP contribution in [0.2, 0.25) is 0 Å². The van der Waals surface area contributed by atoms with Crippen LogP contribution in [0.1, 0.15) is 69.8 Å². The highest BCUT2D eigenvalue weighted by atomic mass is 16.7. The Labute approximate surface area is 187 Å². The summed E-state index contributed by atoms with van der Waals surface area (Å²) in [5.41, 5.74) is -2.41. The largest absolute Gasteiger partial charge is 0.431 e. The van der Waals surface area contributed by atoms with E-state index in [0.29, 0.717) is 44.9 Å². The molecule has 32 heavy (non-hydrogen) atoms. The van der Waals surface area contributed by atoms with Gasteiger partial charge in [-0.25, -0.2) is 4.79 Å². The molecule has 4 aliphatic carbocycles. The first-order valence-corrected chi connectivity index (χ1v) is 12.1. The van der Waals surface area contributed by atoms with Crippen LogP contribution in [-0.2, 0) is 9.47 Å². The standard InChI is InChI=1S/C25H34O7/c1-22-12-18-20-17(25(22,29)10-7-16(22)14-3-4-19(27)31-13-14)6-8-23(28)11-15(26)5-9-24(20,23)21(30-2)32-18/h3-4,13,15-18,20-21,26,28-29H,5-12H2,1-2H3/t15-,16+,17+,18+,20+,21-,22+,23-,24+,25-/m0/s1. The zero-order chi connectivity index (χ0) is 22.5. The Bertz CT molecular complexity index is 957. The van der Waals surface area contributed by atoms with Crippen molar-refractivity contribution in [3.05, 3.63) is 34.4 Å². The number of fused-ring (bicyclic) bond motifs is 2. The summed E-state index contributed by atoms with van der Waals surface area (Å²) in [7, 11) is 1.64. The van der Waals surface area contributed by atoms with Crippen molar-refractivity contribution in [1.29, 1.82) is 0 Å². The van der Waals surface area contributed by atoms with E-state index in [1.807, 2.05) is 6.07 Å². The van der Waals surface area contributed by atoms with Crippen LogP contribution in [0, 0.1) is 22.7 Å². The Morgan fingerprint density at radius 2 is 1.91 bits per heavy atom. The number of hydrogen-bond donors (Lipinski definition) is 3. The van der Waals surface area contributed by atoms with Gasteiger partial charge in [0.1, 0.15) is 0 Å². The van der Waals surface area contributed by atoms with Crippen molar-refractivity contribution in [2.75, 3.05) is 7.11 Å². The van der Waals surface area contributed by atoms with Gasteiger partial charge in [0.15, 0.2) is 6.29 Å². The molecule has 0 unspecified atom stereocenters. The van der Waals surface area contributed by atoms with Gasteiger partial charge in [-0.05, 0) is 68.4 Å². The molecule has 5 fully saturated rings. The van der Waals surface area contributed by atoms with E-state index >= 15 is 0 Å². The smallest absolute Gasteiger partial charge is 0.335 e. The van der Waals surface area contributed by atoms with Crippen LogP contribution in [0.15, 0.2) is 27.6 Å². The summed E-state index contributed by atoms with van der Waals surface area (Å²) in [5, 5.41) is 34.6. The van der Waals surface area contributed by atoms with E-state index in [0.717, 1.165) is 12.0 Å². The molecule has 176 valence electrons. The average molecular weight is 447 g/mol. The van der Waals surface area contributed by atoms with Gasteiger partial charge in [-0.2, -0.15) is 0 Å². The molecule has 1 saturated heterocycles. The number of ether oxygens (including phenoxy) is 2. The third-order valence-corrected chi connectivity index (χ3v) is 10.5. The van der Waals surface area contributed by atoms with E-state index in [2.05, 4.69) is 6.92 Å². The third kappa shape index (κ3) is 2.37. The number of aliphatic hydroxyl groups is 3. The maximum atomic E-state index is 12.4. The van der Waals surface area contributed by atoms with E-state index in [1.54, 1.807) is 13.4 Å². The SMILES string of the molecule is CO[C@H]1O[C@@H]2C[C@]3(C)[C@@H](c4ccc(=O)oc4)CC[C@]3(O)[C@@H]3CC[C@]4(O)C[C@@H](O)CC[C@@]14[C@H]32. The first kappa shape index (κ1) is 21.3. The third-order valence-electron chi connectivity index (χ3n) is 10.5. The van der Waals surface area contributed by atoms with Crippen LogP contribution < -0.4 is 5.63 Å². The number of rotatable bonds is 2. The second-order valence-corrected chi connectivity index (χ2v) is 11.4. The van der Waals surface area contributed by atoms with Crippen molar-refractivity contribution in [3.8, 4) is 0 Å². The predicted octanol–water partition coefficient (Wildman–Crippen LogP) is 2.32. The van der Waals surface area contributed by atoms with E-state index in [1.165, 1.54) is 6.07 Å². The number of methoxy groups -OCH3 is 1. The van der Waals surface area contributed by atoms with Crippen LogP contribution in [0.4, 0.5) is 0 Å². The Morgan fingerprint density at radius 1 is 1.09 bits per heavy atom.